The second-order valence-corrected chi connectivity index (χ2v) is 9.17. The van der Waals surface area contributed by atoms with Crippen LogP contribution < -0.4 is 5.32 Å². The number of benzene rings is 2. The van der Waals surface area contributed by atoms with Crippen LogP contribution in [0.3, 0.4) is 0 Å². The normalized spacial score (nSPS) is 20.4. The number of hydrogen-bond acceptors (Lipinski definition) is 3. The SMILES string of the molecule is C[C@@H]1CCCN(Cc2ccc(C(=O)NCc3cccc(CN4CCCC4)c3)cc2)C1. The summed E-state index contributed by atoms with van der Waals surface area (Å²) < 4.78 is 0. The van der Waals surface area contributed by atoms with Crippen LogP contribution in [-0.2, 0) is 19.6 Å². The summed E-state index contributed by atoms with van der Waals surface area (Å²) in [4.78, 5) is 17.6. The minimum Gasteiger partial charge on any atom is -0.348 e. The molecule has 30 heavy (non-hydrogen) atoms. The summed E-state index contributed by atoms with van der Waals surface area (Å²) in [7, 11) is 0. The van der Waals surface area contributed by atoms with E-state index < -0.39 is 0 Å². The molecule has 0 radical (unpaired) electrons. The van der Waals surface area contributed by atoms with E-state index in [-0.39, 0.29) is 5.91 Å². The highest BCUT2D eigenvalue weighted by Gasteiger charge is 2.16. The van der Waals surface area contributed by atoms with Gasteiger partial charge >= 0.3 is 0 Å². The molecule has 2 heterocycles. The van der Waals surface area contributed by atoms with Gasteiger partial charge in [-0.15, -0.1) is 0 Å². The first-order valence-electron chi connectivity index (χ1n) is 11.6. The van der Waals surface area contributed by atoms with Gasteiger partial charge in [0.2, 0.25) is 0 Å². The van der Waals surface area contributed by atoms with Crippen molar-refractivity contribution in [2.45, 2.75) is 52.2 Å². The van der Waals surface area contributed by atoms with Gasteiger partial charge < -0.3 is 5.32 Å². The van der Waals surface area contributed by atoms with Crippen molar-refractivity contribution in [3.8, 4) is 0 Å². The Morgan fingerprint density at radius 1 is 0.900 bits per heavy atom. The fraction of sp³-hybridized carbons (Fsp3) is 0.500. The molecule has 2 aromatic rings. The summed E-state index contributed by atoms with van der Waals surface area (Å²) >= 11 is 0. The first-order valence-corrected chi connectivity index (χ1v) is 11.6. The Morgan fingerprint density at radius 3 is 2.37 bits per heavy atom. The third-order valence-electron chi connectivity index (χ3n) is 6.41. The van der Waals surface area contributed by atoms with Crippen LogP contribution in [0.15, 0.2) is 48.5 Å². The van der Waals surface area contributed by atoms with Crippen molar-refractivity contribution >= 4 is 5.91 Å². The maximum Gasteiger partial charge on any atom is 0.251 e. The van der Waals surface area contributed by atoms with Gasteiger partial charge in [-0.05, 0) is 80.1 Å². The van der Waals surface area contributed by atoms with Gasteiger partial charge in [0.25, 0.3) is 5.91 Å². The summed E-state index contributed by atoms with van der Waals surface area (Å²) in [5.74, 6) is 0.788. The van der Waals surface area contributed by atoms with Gasteiger partial charge in [0.05, 0.1) is 0 Å². The van der Waals surface area contributed by atoms with Crippen LogP contribution in [-0.4, -0.2) is 41.9 Å². The van der Waals surface area contributed by atoms with Crippen molar-refractivity contribution in [1.82, 2.24) is 15.1 Å². The van der Waals surface area contributed by atoms with E-state index in [1.165, 1.54) is 63.0 Å². The standard InChI is InChI=1S/C26H35N3O/c1-21-6-5-15-29(18-21)19-22-9-11-25(12-10-22)26(30)27-17-23-7-4-8-24(16-23)20-28-13-2-3-14-28/h4,7-12,16,21H,2-3,5-6,13-15,17-20H2,1H3,(H,27,30)/t21-/m1/s1. The van der Waals surface area contributed by atoms with E-state index in [0.717, 1.165) is 30.1 Å². The Bertz CT molecular complexity index is 826. The number of likely N-dealkylation sites (tertiary alicyclic amines) is 2. The number of piperidine rings is 1. The average molecular weight is 406 g/mol. The smallest absolute Gasteiger partial charge is 0.251 e. The fourth-order valence-corrected chi connectivity index (χ4v) is 4.77. The molecule has 4 heteroatoms. The lowest BCUT2D eigenvalue weighted by atomic mass is 9.99. The number of rotatable bonds is 7. The summed E-state index contributed by atoms with van der Waals surface area (Å²) in [6.45, 7) is 9.67. The van der Waals surface area contributed by atoms with E-state index in [4.69, 9.17) is 0 Å². The monoisotopic (exact) mass is 405 g/mol. The predicted octanol–water partition coefficient (Wildman–Crippen LogP) is 4.44. The molecule has 0 spiro atoms. The molecule has 1 atom stereocenters. The Balaban J connectivity index is 1.27. The third-order valence-corrected chi connectivity index (χ3v) is 6.41. The van der Waals surface area contributed by atoms with Gasteiger partial charge in [-0.25, -0.2) is 0 Å². The fourth-order valence-electron chi connectivity index (χ4n) is 4.77. The van der Waals surface area contributed by atoms with E-state index in [0.29, 0.717) is 6.54 Å². The molecule has 0 saturated carbocycles. The lowest BCUT2D eigenvalue weighted by Gasteiger charge is -2.30. The molecule has 0 bridgehead atoms. The molecule has 1 amide bonds. The maximum absolute atomic E-state index is 12.6. The number of hydrogen-bond donors (Lipinski definition) is 1. The van der Waals surface area contributed by atoms with Crippen molar-refractivity contribution in [3.05, 3.63) is 70.8 Å². The van der Waals surface area contributed by atoms with Crippen molar-refractivity contribution in [3.63, 3.8) is 0 Å². The minimum atomic E-state index is -0.00177. The third kappa shape index (κ3) is 5.93. The van der Waals surface area contributed by atoms with Gasteiger partial charge in [0.15, 0.2) is 0 Å². The van der Waals surface area contributed by atoms with Gasteiger partial charge in [-0.1, -0.05) is 43.3 Å². The highest BCUT2D eigenvalue weighted by molar-refractivity contribution is 5.94. The number of nitrogens with zero attached hydrogens (tertiary/aromatic N) is 2. The Kier molecular flexibility index (Phi) is 7.19. The summed E-state index contributed by atoms with van der Waals surface area (Å²) in [5, 5.41) is 3.08. The highest BCUT2D eigenvalue weighted by atomic mass is 16.1. The number of amides is 1. The van der Waals surface area contributed by atoms with Crippen LogP contribution in [0.5, 0.6) is 0 Å². The topological polar surface area (TPSA) is 35.6 Å². The Labute approximate surface area is 181 Å². The number of carbonyl (C=O) groups is 1. The first-order chi connectivity index (χ1) is 14.7. The van der Waals surface area contributed by atoms with Crippen molar-refractivity contribution in [2.24, 2.45) is 5.92 Å². The van der Waals surface area contributed by atoms with Gasteiger partial charge in [-0.2, -0.15) is 0 Å². The molecule has 0 aromatic heterocycles. The van der Waals surface area contributed by atoms with E-state index in [2.05, 4.69) is 58.4 Å². The molecule has 160 valence electrons. The second kappa shape index (κ2) is 10.2. The molecule has 2 aliphatic rings. The molecule has 2 aromatic carbocycles. The van der Waals surface area contributed by atoms with Gasteiger partial charge in [-0.3, -0.25) is 14.6 Å². The van der Waals surface area contributed by atoms with Crippen molar-refractivity contribution in [1.29, 1.82) is 0 Å². The Morgan fingerprint density at radius 2 is 1.60 bits per heavy atom. The molecule has 4 nitrogen and oxygen atoms in total. The molecule has 2 saturated heterocycles. The van der Waals surface area contributed by atoms with Gasteiger partial charge in [0, 0.05) is 31.7 Å². The van der Waals surface area contributed by atoms with Crippen molar-refractivity contribution in [2.75, 3.05) is 26.2 Å². The van der Waals surface area contributed by atoms with Gasteiger partial charge in [0.1, 0.15) is 0 Å². The molecule has 2 aliphatic heterocycles. The van der Waals surface area contributed by atoms with E-state index in [1.54, 1.807) is 0 Å². The largest absolute Gasteiger partial charge is 0.348 e. The highest BCUT2D eigenvalue weighted by Crippen LogP contribution is 2.18. The van der Waals surface area contributed by atoms with E-state index in [1.807, 2.05) is 12.1 Å². The lowest BCUT2D eigenvalue weighted by molar-refractivity contribution is 0.0951. The number of carbonyl (C=O) groups excluding carboxylic acids is 1. The van der Waals surface area contributed by atoms with Crippen LogP contribution in [0.2, 0.25) is 0 Å². The first kappa shape index (κ1) is 21.1. The number of nitrogens with one attached hydrogen (secondary N) is 1. The predicted molar refractivity (Wildman–Crippen MR) is 122 cm³/mol. The molecule has 1 N–H and O–H groups in total. The molecular weight excluding hydrogens is 370 g/mol. The van der Waals surface area contributed by atoms with Crippen LogP contribution in [0, 0.1) is 5.92 Å². The van der Waals surface area contributed by atoms with Crippen LogP contribution in [0.25, 0.3) is 0 Å². The minimum absolute atomic E-state index is 0.00177. The average Bonchev–Trinajstić information content (AvgIpc) is 3.26. The molecule has 2 fully saturated rings. The summed E-state index contributed by atoms with van der Waals surface area (Å²) in [5.41, 5.74) is 4.52. The molecular formula is C26H35N3O. The zero-order valence-electron chi connectivity index (χ0n) is 18.3. The second-order valence-electron chi connectivity index (χ2n) is 9.17. The zero-order chi connectivity index (χ0) is 20.8. The lowest BCUT2D eigenvalue weighted by Crippen LogP contribution is -2.33. The Hall–Kier alpha value is -2.17. The molecule has 0 aliphatic carbocycles. The van der Waals surface area contributed by atoms with Crippen LogP contribution in [0.4, 0.5) is 0 Å². The van der Waals surface area contributed by atoms with Crippen LogP contribution >= 0.6 is 0 Å². The van der Waals surface area contributed by atoms with E-state index in [9.17, 15) is 4.79 Å². The van der Waals surface area contributed by atoms with Crippen LogP contribution in [0.1, 0.15) is 59.7 Å². The molecule has 0 unspecified atom stereocenters. The molecule has 4 rings (SSSR count). The van der Waals surface area contributed by atoms with Crippen molar-refractivity contribution < 1.29 is 4.79 Å². The maximum atomic E-state index is 12.6. The zero-order valence-corrected chi connectivity index (χ0v) is 18.3. The quantitative estimate of drug-likeness (QED) is 0.739. The summed E-state index contributed by atoms with van der Waals surface area (Å²) in [6.07, 6.45) is 5.26. The van der Waals surface area contributed by atoms with E-state index >= 15 is 0 Å². The summed E-state index contributed by atoms with van der Waals surface area (Å²) in [6, 6.07) is 16.7.